The van der Waals surface area contributed by atoms with Crippen LogP contribution in [0.1, 0.15) is 18.6 Å². The van der Waals surface area contributed by atoms with E-state index in [2.05, 4.69) is 43.5 Å². The highest BCUT2D eigenvalue weighted by atomic mass is 127. The Bertz CT molecular complexity index is 609. The Balaban J connectivity index is 2.27. The van der Waals surface area contributed by atoms with Crippen molar-refractivity contribution in [1.29, 1.82) is 0 Å². The number of rotatable bonds is 3. The van der Waals surface area contributed by atoms with E-state index in [1.165, 1.54) is 12.1 Å². The van der Waals surface area contributed by atoms with Crippen LogP contribution in [-0.4, -0.2) is 4.98 Å². The molecular weight excluding hydrogens is 426 g/mol. The van der Waals surface area contributed by atoms with Crippen LogP contribution < -0.4 is 10.5 Å². The number of ether oxygens (including phenoxy) is 1. The zero-order chi connectivity index (χ0) is 14.0. The van der Waals surface area contributed by atoms with Gasteiger partial charge in [0.05, 0.1) is 0 Å². The maximum atomic E-state index is 13.3. The summed E-state index contributed by atoms with van der Waals surface area (Å²) in [7, 11) is 0. The number of nitrogen functional groups attached to an aromatic ring is 1. The largest absolute Gasteiger partial charge is 0.482 e. The molecule has 1 aromatic carbocycles. The van der Waals surface area contributed by atoms with Crippen molar-refractivity contribution < 1.29 is 9.13 Å². The van der Waals surface area contributed by atoms with E-state index in [1.807, 2.05) is 6.92 Å². The second-order valence-corrected chi connectivity index (χ2v) is 6.06. The molecule has 0 saturated heterocycles. The molecule has 1 heterocycles. The lowest BCUT2D eigenvalue weighted by Crippen LogP contribution is -2.07. The van der Waals surface area contributed by atoms with Gasteiger partial charge in [0, 0.05) is 19.8 Å². The summed E-state index contributed by atoms with van der Waals surface area (Å²) in [4.78, 5) is 4.02. The zero-order valence-electron chi connectivity index (χ0n) is 10.0. The van der Waals surface area contributed by atoms with Gasteiger partial charge in [-0.3, -0.25) is 0 Å². The van der Waals surface area contributed by atoms with Gasteiger partial charge in [0.15, 0.2) is 11.6 Å². The van der Waals surface area contributed by atoms with Gasteiger partial charge in [0.1, 0.15) is 11.9 Å². The van der Waals surface area contributed by atoms with Crippen molar-refractivity contribution >= 4 is 44.3 Å². The molecule has 3 nitrogen and oxygen atoms in total. The lowest BCUT2D eigenvalue weighted by molar-refractivity contribution is 0.226. The molecule has 2 N–H and O–H groups in total. The summed E-state index contributed by atoms with van der Waals surface area (Å²) >= 11 is 5.51. The summed E-state index contributed by atoms with van der Waals surface area (Å²) in [6.45, 7) is 1.83. The number of nitrogens with two attached hydrogens (primary N) is 1. The Hall–Kier alpha value is -0.890. The Morgan fingerprint density at radius 3 is 2.89 bits per heavy atom. The molecule has 0 fully saturated rings. The van der Waals surface area contributed by atoms with Crippen molar-refractivity contribution in [2.24, 2.45) is 0 Å². The highest BCUT2D eigenvalue weighted by molar-refractivity contribution is 14.1. The minimum absolute atomic E-state index is 0.303. The summed E-state index contributed by atoms with van der Waals surface area (Å²) in [5.74, 6) is 0.512. The predicted octanol–water partition coefficient (Wildman–Crippen LogP) is 4.31. The number of pyridine rings is 1. The van der Waals surface area contributed by atoms with Gasteiger partial charge < -0.3 is 10.5 Å². The van der Waals surface area contributed by atoms with Gasteiger partial charge in [-0.1, -0.05) is 15.9 Å². The molecule has 0 aliphatic carbocycles. The molecule has 0 saturated carbocycles. The fourth-order valence-corrected chi connectivity index (χ4v) is 2.60. The summed E-state index contributed by atoms with van der Waals surface area (Å²) in [5, 5.41) is 0. The van der Waals surface area contributed by atoms with Crippen LogP contribution in [-0.2, 0) is 0 Å². The zero-order valence-corrected chi connectivity index (χ0v) is 13.8. The Morgan fingerprint density at radius 1 is 1.42 bits per heavy atom. The molecule has 1 atom stereocenters. The van der Waals surface area contributed by atoms with E-state index in [9.17, 15) is 4.39 Å². The molecule has 100 valence electrons. The molecule has 1 aromatic heterocycles. The third-order valence-electron chi connectivity index (χ3n) is 2.55. The molecule has 0 unspecified atom stereocenters. The number of anilines is 1. The van der Waals surface area contributed by atoms with Gasteiger partial charge in [-0.05, 0) is 53.8 Å². The van der Waals surface area contributed by atoms with E-state index in [4.69, 9.17) is 10.5 Å². The molecule has 19 heavy (non-hydrogen) atoms. The number of hydrogen-bond acceptors (Lipinski definition) is 3. The van der Waals surface area contributed by atoms with Crippen molar-refractivity contribution in [3.05, 3.63) is 49.9 Å². The lowest BCUT2D eigenvalue weighted by Gasteiger charge is -2.17. The minimum atomic E-state index is -0.340. The Kier molecular flexibility index (Phi) is 4.62. The number of aromatic nitrogens is 1. The third kappa shape index (κ3) is 3.56. The van der Waals surface area contributed by atoms with E-state index >= 15 is 0 Å². The summed E-state index contributed by atoms with van der Waals surface area (Å²) in [6.07, 6.45) is 1.32. The van der Waals surface area contributed by atoms with Crippen LogP contribution in [0.4, 0.5) is 10.2 Å². The number of halogens is 3. The first-order chi connectivity index (χ1) is 8.97. The van der Waals surface area contributed by atoms with Gasteiger partial charge in [-0.2, -0.15) is 0 Å². The van der Waals surface area contributed by atoms with Gasteiger partial charge in [0.2, 0.25) is 0 Å². The van der Waals surface area contributed by atoms with Crippen LogP contribution in [0, 0.1) is 9.39 Å². The predicted molar refractivity (Wildman–Crippen MR) is 84.5 cm³/mol. The van der Waals surface area contributed by atoms with Crippen molar-refractivity contribution in [2.45, 2.75) is 13.0 Å². The molecular formula is C13H11BrFIN2O. The highest BCUT2D eigenvalue weighted by Crippen LogP contribution is 2.30. The fourth-order valence-electron chi connectivity index (χ4n) is 1.61. The maximum Gasteiger partial charge on any atom is 0.166 e. The average molecular weight is 437 g/mol. The van der Waals surface area contributed by atoms with E-state index < -0.39 is 0 Å². The minimum Gasteiger partial charge on any atom is -0.482 e. The monoisotopic (exact) mass is 436 g/mol. The number of nitrogens with zero attached hydrogens (tertiary/aromatic N) is 1. The molecule has 0 bridgehead atoms. The fraction of sp³-hybridized carbons (Fsp3) is 0.154. The first kappa shape index (κ1) is 14.5. The topological polar surface area (TPSA) is 48.1 Å². The Labute approximate surface area is 132 Å². The Morgan fingerprint density at radius 2 is 2.16 bits per heavy atom. The van der Waals surface area contributed by atoms with E-state index in [0.717, 1.165) is 13.6 Å². The van der Waals surface area contributed by atoms with Crippen molar-refractivity contribution in [2.75, 3.05) is 5.73 Å². The van der Waals surface area contributed by atoms with Gasteiger partial charge >= 0.3 is 0 Å². The van der Waals surface area contributed by atoms with Crippen LogP contribution >= 0.6 is 38.5 Å². The average Bonchev–Trinajstić information content (AvgIpc) is 2.36. The van der Waals surface area contributed by atoms with E-state index in [1.54, 1.807) is 18.3 Å². The number of benzene rings is 1. The smallest absolute Gasteiger partial charge is 0.166 e. The first-order valence-corrected chi connectivity index (χ1v) is 7.37. The van der Waals surface area contributed by atoms with Crippen LogP contribution in [0.2, 0.25) is 0 Å². The van der Waals surface area contributed by atoms with E-state index in [-0.39, 0.29) is 11.9 Å². The summed E-state index contributed by atoms with van der Waals surface area (Å²) < 4.78 is 20.7. The number of hydrogen-bond donors (Lipinski definition) is 1. The summed E-state index contributed by atoms with van der Waals surface area (Å²) in [6, 6.07) is 6.28. The second kappa shape index (κ2) is 6.04. The first-order valence-electron chi connectivity index (χ1n) is 5.50. The third-order valence-corrected chi connectivity index (χ3v) is 3.86. The SMILES string of the molecule is C[C@@H](Oc1cc(I)cnc1N)c1cc(F)ccc1Br. The van der Waals surface area contributed by atoms with Gasteiger partial charge in [-0.25, -0.2) is 9.37 Å². The molecule has 0 aliphatic heterocycles. The van der Waals surface area contributed by atoms with Gasteiger partial charge in [-0.15, -0.1) is 0 Å². The van der Waals surface area contributed by atoms with Crippen molar-refractivity contribution in [1.82, 2.24) is 4.98 Å². The van der Waals surface area contributed by atoms with Crippen LogP contribution in [0.15, 0.2) is 34.9 Å². The van der Waals surface area contributed by atoms with Gasteiger partial charge in [0.25, 0.3) is 0 Å². The molecule has 0 radical (unpaired) electrons. The molecule has 0 spiro atoms. The van der Waals surface area contributed by atoms with Crippen LogP contribution in [0.5, 0.6) is 5.75 Å². The highest BCUT2D eigenvalue weighted by Gasteiger charge is 2.14. The molecule has 0 amide bonds. The maximum absolute atomic E-state index is 13.3. The normalized spacial score (nSPS) is 12.2. The quantitative estimate of drug-likeness (QED) is 0.729. The van der Waals surface area contributed by atoms with Crippen LogP contribution in [0.25, 0.3) is 0 Å². The van der Waals surface area contributed by atoms with Crippen molar-refractivity contribution in [3.8, 4) is 5.75 Å². The van der Waals surface area contributed by atoms with Crippen LogP contribution in [0.3, 0.4) is 0 Å². The second-order valence-electron chi connectivity index (χ2n) is 3.96. The molecule has 6 heteroatoms. The molecule has 2 aromatic rings. The lowest BCUT2D eigenvalue weighted by atomic mass is 10.1. The van der Waals surface area contributed by atoms with Crippen molar-refractivity contribution in [3.63, 3.8) is 0 Å². The molecule has 2 rings (SSSR count). The van der Waals surface area contributed by atoms with E-state index in [0.29, 0.717) is 11.6 Å². The standard InChI is InChI=1S/C13H11BrFIN2O/c1-7(10-4-8(15)2-3-11(10)14)19-12-5-9(16)6-18-13(12)17/h2-7H,1H3,(H2,17,18)/t7-/m1/s1. The molecule has 0 aliphatic rings. The summed E-state index contributed by atoms with van der Waals surface area (Å²) in [5.41, 5.74) is 6.48.